The molecule has 0 amide bonds. The van der Waals surface area contributed by atoms with Crippen LogP contribution >= 0.6 is 0 Å². The average molecular weight is 389 g/mol. The van der Waals surface area contributed by atoms with Crippen LogP contribution in [0.5, 0.6) is 0 Å². The molecule has 1 aromatic heterocycles. The molecule has 1 atom stereocenters. The number of hydrogen-bond donors (Lipinski definition) is 1. The first-order valence-corrected chi connectivity index (χ1v) is 9.55. The van der Waals surface area contributed by atoms with Crippen LogP contribution in [0.1, 0.15) is 11.6 Å². The molecule has 0 aliphatic carbocycles. The molecule has 3 rings (SSSR count). The van der Waals surface area contributed by atoms with Crippen molar-refractivity contribution in [3.05, 3.63) is 64.6 Å². The number of hydrogen-bond acceptors (Lipinski definition) is 5. The summed E-state index contributed by atoms with van der Waals surface area (Å²) in [6.07, 6.45) is 0. The summed E-state index contributed by atoms with van der Waals surface area (Å²) in [5.74, 6) is -0.724. The molecular weight excluding hydrogens is 370 g/mol. The van der Waals surface area contributed by atoms with Crippen molar-refractivity contribution in [3.63, 3.8) is 0 Å². The first kappa shape index (κ1) is 18.9. The van der Waals surface area contributed by atoms with Crippen molar-refractivity contribution in [1.29, 1.82) is 0 Å². The zero-order chi connectivity index (χ0) is 19.8. The molecule has 1 N–H and O–H groups in total. The maximum absolute atomic E-state index is 12.9. The molecule has 3 aromatic rings. The Bertz CT molecular complexity index is 1160. The van der Waals surface area contributed by atoms with Crippen molar-refractivity contribution in [3.8, 4) is 0 Å². The molecule has 0 bridgehead atoms. The molecule has 8 nitrogen and oxygen atoms in total. The lowest BCUT2D eigenvalue weighted by atomic mass is 10.1. The second-order valence-corrected chi connectivity index (χ2v) is 7.75. The molecule has 142 valence electrons. The number of fused-ring (bicyclic) bond motifs is 1. The van der Waals surface area contributed by atoms with Gasteiger partial charge in [-0.05, 0) is 23.8 Å². The van der Waals surface area contributed by atoms with Gasteiger partial charge in [0.05, 0.1) is 23.0 Å². The number of benzene rings is 2. The Hall–Kier alpha value is -2.91. The molecular formula is C18H19N3O5S. The molecule has 0 fully saturated rings. The molecule has 0 aliphatic heterocycles. The van der Waals surface area contributed by atoms with Crippen molar-refractivity contribution in [1.82, 2.24) is 13.9 Å². The molecule has 0 aliphatic rings. The van der Waals surface area contributed by atoms with E-state index in [1.807, 2.05) is 0 Å². The third-order valence-electron chi connectivity index (χ3n) is 4.40. The fourth-order valence-corrected chi connectivity index (χ4v) is 4.09. The zero-order valence-electron chi connectivity index (χ0n) is 15.0. The van der Waals surface area contributed by atoms with Gasteiger partial charge in [-0.1, -0.05) is 30.3 Å². The Balaban J connectivity index is 2.05. The van der Waals surface area contributed by atoms with Gasteiger partial charge in [0.25, 0.3) is 0 Å². The molecule has 27 heavy (non-hydrogen) atoms. The summed E-state index contributed by atoms with van der Waals surface area (Å²) in [6.45, 7) is 0. The maximum atomic E-state index is 12.9. The lowest BCUT2D eigenvalue weighted by molar-refractivity contribution is -0.142. The Kier molecular flexibility index (Phi) is 4.90. The minimum Gasteiger partial charge on any atom is -0.468 e. The Morgan fingerprint density at radius 3 is 2.30 bits per heavy atom. The zero-order valence-corrected chi connectivity index (χ0v) is 15.9. The van der Waals surface area contributed by atoms with Crippen molar-refractivity contribution < 1.29 is 17.9 Å². The molecule has 9 heteroatoms. The van der Waals surface area contributed by atoms with E-state index in [-0.39, 0.29) is 10.6 Å². The number of imidazole rings is 1. The number of methoxy groups -OCH3 is 1. The number of nitrogens with one attached hydrogen (secondary N) is 1. The largest absolute Gasteiger partial charge is 0.468 e. The highest BCUT2D eigenvalue weighted by Crippen LogP contribution is 2.21. The van der Waals surface area contributed by atoms with E-state index >= 15 is 0 Å². The van der Waals surface area contributed by atoms with E-state index in [2.05, 4.69) is 4.72 Å². The smallest absolute Gasteiger partial charge is 0.328 e. The van der Waals surface area contributed by atoms with Gasteiger partial charge in [0.2, 0.25) is 10.0 Å². The lowest BCUT2D eigenvalue weighted by Gasteiger charge is -2.17. The third-order valence-corrected chi connectivity index (χ3v) is 5.82. The highest BCUT2D eigenvalue weighted by atomic mass is 32.2. The number of esters is 1. The topological polar surface area (TPSA) is 99.4 Å². The number of rotatable bonds is 5. The highest BCUT2D eigenvalue weighted by Gasteiger charge is 2.28. The van der Waals surface area contributed by atoms with Gasteiger partial charge in [0.1, 0.15) is 6.04 Å². The molecule has 0 spiro atoms. The van der Waals surface area contributed by atoms with Gasteiger partial charge in [0, 0.05) is 14.1 Å². The Morgan fingerprint density at radius 1 is 1.04 bits per heavy atom. The predicted octanol–water partition coefficient (Wildman–Crippen LogP) is 1.07. The van der Waals surface area contributed by atoms with Gasteiger partial charge in [0.15, 0.2) is 0 Å². The quantitative estimate of drug-likeness (QED) is 0.658. The van der Waals surface area contributed by atoms with Crippen LogP contribution in [0.4, 0.5) is 0 Å². The van der Waals surface area contributed by atoms with E-state index in [0.29, 0.717) is 16.6 Å². The molecule has 2 aromatic carbocycles. The number of sulfonamides is 1. The minimum atomic E-state index is -4.05. The van der Waals surface area contributed by atoms with Crippen molar-refractivity contribution in [2.75, 3.05) is 7.11 Å². The number of ether oxygens (including phenoxy) is 1. The SMILES string of the molecule is COC(=O)[C@@H](NS(=O)(=O)c1ccc2c(c1)n(C)c(=O)n2C)c1ccccc1. The summed E-state index contributed by atoms with van der Waals surface area (Å²) >= 11 is 0. The molecule has 0 unspecified atom stereocenters. The van der Waals surface area contributed by atoms with E-state index in [0.717, 1.165) is 0 Å². The van der Waals surface area contributed by atoms with E-state index in [9.17, 15) is 18.0 Å². The second kappa shape index (κ2) is 7.01. The summed E-state index contributed by atoms with van der Waals surface area (Å²) in [5, 5.41) is 0. The number of carbonyl (C=O) groups is 1. The standard InChI is InChI=1S/C18H19N3O5S/c1-20-14-10-9-13(11-15(14)21(2)18(20)23)27(24,25)19-16(17(22)26-3)12-7-5-4-6-8-12/h4-11,16,19H,1-3H3/t16-/m0/s1. The van der Waals surface area contributed by atoms with Gasteiger partial charge >= 0.3 is 11.7 Å². The minimum absolute atomic E-state index is 0.0546. The normalized spacial score (nSPS) is 12.9. The van der Waals surface area contributed by atoms with E-state index < -0.39 is 22.0 Å². The number of aryl methyl sites for hydroxylation is 2. The maximum Gasteiger partial charge on any atom is 0.328 e. The second-order valence-electron chi connectivity index (χ2n) is 6.04. The molecule has 0 saturated carbocycles. The third kappa shape index (κ3) is 3.38. The summed E-state index contributed by atoms with van der Waals surface area (Å²) in [4.78, 5) is 24.1. The summed E-state index contributed by atoms with van der Waals surface area (Å²) in [5.41, 5.74) is 1.28. The monoisotopic (exact) mass is 389 g/mol. The van der Waals surface area contributed by atoms with E-state index in [4.69, 9.17) is 4.74 Å². The van der Waals surface area contributed by atoms with Gasteiger partial charge in [-0.25, -0.2) is 18.0 Å². The summed E-state index contributed by atoms with van der Waals surface area (Å²) in [6, 6.07) is 11.6. The fraction of sp³-hybridized carbons (Fsp3) is 0.222. The van der Waals surface area contributed by atoms with Crippen LogP contribution in [0.25, 0.3) is 11.0 Å². The fourth-order valence-electron chi connectivity index (χ4n) is 2.89. The van der Waals surface area contributed by atoms with Gasteiger partial charge < -0.3 is 4.74 Å². The Morgan fingerprint density at radius 2 is 1.67 bits per heavy atom. The van der Waals surface area contributed by atoms with Crippen molar-refractivity contribution in [2.24, 2.45) is 14.1 Å². The van der Waals surface area contributed by atoms with Crippen LogP contribution in [0, 0.1) is 0 Å². The van der Waals surface area contributed by atoms with Crippen LogP contribution in [0.3, 0.4) is 0 Å². The van der Waals surface area contributed by atoms with Crippen LogP contribution in [-0.2, 0) is 33.7 Å². The van der Waals surface area contributed by atoms with Crippen LogP contribution in [0.15, 0.2) is 58.2 Å². The van der Waals surface area contributed by atoms with E-state index in [1.54, 1.807) is 50.5 Å². The summed E-state index contributed by atoms with van der Waals surface area (Å²) in [7, 11) is 0.319. The van der Waals surface area contributed by atoms with Gasteiger partial charge in [-0.2, -0.15) is 4.72 Å². The molecule has 0 saturated heterocycles. The molecule has 1 heterocycles. The lowest BCUT2D eigenvalue weighted by Crippen LogP contribution is -2.34. The summed E-state index contributed by atoms with van der Waals surface area (Å²) < 4.78 is 35.7. The van der Waals surface area contributed by atoms with Gasteiger partial charge in [-0.15, -0.1) is 0 Å². The number of nitrogens with zero attached hydrogens (tertiary/aromatic N) is 2. The first-order chi connectivity index (χ1) is 12.8. The number of carbonyl (C=O) groups excluding carboxylic acids is 1. The van der Waals surface area contributed by atoms with Gasteiger partial charge in [-0.3, -0.25) is 9.13 Å². The average Bonchev–Trinajstić information content (AvgIpc) is 2.90. The van der Waals surface area contributed by atoms with E-state index in [1.165, 1.54) is 28.4 Å². The van der Waals surface area contributed by atoms with Crippen molar-refractivity contribution in [2.45, 2.75) is 10.9 Å². The van der Waals surface area contributed by atoms with Crippen LogP contribution in [0.2, 0.25) is 0 Å². The highest BCUT2D eigenvalue weighted by molar-refractivity contribution is 7.89. The van der Waals surface area contributed by atoms with Crippen molar-refractivity contribution >= 4 is 27.0 Å². The molecule has 0 radical (unpaired) electrons. The first-order valence-electron chi connectivity index (χ1n) is 8.07. The Labute approximate surface area is 156 Å². The predicted molar refractivity (Wildman–Crippen MR) is 99.7 cm³/mol. The number of aromatic nitrogens is 2. The van der Waals surface area contributed by atoms with Crippen LogP contribution < -0.4 is 10.4 Å². The van der Waals surface area contributed by atoms with Crippen LogP contribution in [-0.4, -0.2) is 30.6 Å².